The monoisotopic (exact) mass is 860 g/mol. The Labute approximate surface area is 358 Å². The van der Waals surface area contributed by atoms with Crippen LogP contribution in [0.2, 0.25) is 0 Å². The maximum absolute atomic E-state index is 15.2. The van der Waals surface area contributed by atoms with Crippen molar-refractivity contribution < 1.29 is 46.5 Å². The zero-order valence-corrected chi connectivity index (χ0v) is 36.4. The number of morpholine rings is 1. The predicted molar refractivity (Wildman–Crippen MR) is 226 cm³/mol. The molecule has 4 saturated carbocycles. The van der Waals surface area contributed by atoms with Crippen LogP contribution in [0.3, 0.4) is 0 Å². The second-order valence-electron chi connectivity index (χ2n) is 19.2. The molecule has 2 amide bonds. The first-order valence-corrected chi connectivity index (χ1v) is 24.1. The fourth-order valence-electron chi connectivity index (χ4n) is 10.7. The van der Waals surface area contributed by atoms with Gasteiger partial charge in [0, 0.05) is 31.3 Å². The van der Waals surface area contributed by atoms with Crippen molar-refractivity contribution in [1.29, 1.82) is 0 Å². The van der Waals surface area contributed by atoms with Crippen LogP contribution in [0.4, 0.5) is 5.82 Å². The number of Topliss-reactive ketones (excluding diaryl/α,β-unsaturated/α-hetero) is 1. The fourth-order valence-corrected chi connectivity index (χ4v) is 12.1. The first-order chi connectivity index (χ1) is 29.3. The lowest BCUT2D eigenvalue weighted by molar-refractivity contribution is -0.155. The maximum atomic E-state index is 15.2. The van der Waals surface area contributed by atoms with Gasteiger partial charge in [-0.05, 0) is 117 Å². The number of nitrogens with zero attached hydrogens (tertiary/aromatic N) is 3. The van der Waals surface area contributed by atoms with Crippen LogP contribution >= 0.6 is 0 Å². The van der Waals surface area contributed by atoms with Crippen molar-refractivity contribution in [3.05, 3.63) is 36.4 Å². The van der Waals surface area contributed by atoms with Gasteiger partial charge < -0.3 is 28.7 Å². The molecule has 6 fully saturated rings. The Hall–Kier alpha value is -4.24. The van der Waals surface area contributed by atoms with Crippen LogP contribution < -0.4 is 19.1 Å². The number of anilines is 1. The molecule has 4 heterocycles. The highest BCUT2D eigenvalue weighted by atomic mass is 32.2. The number of esters is 1. The molecule has 1 N–H and O–H groups in total. The van der Waals surface area contributed by atoms with E-state index in [-0.39, 0.29) is 67.3 Å². The lowest BCUT2D eigenvalue weighted by Crippen LogP contribution is -2.47. The number of fused-ring (bicyclic) bond motifs is 4. The van der Waals surface area contributed by atoms with Crippen LogP contribution in [0.15, 0.2) is 36.4 Å². The molecule has 0 bridgehead atoms. The number of nitrogens with one attached hydrogen (secondary N) is 1. The molecule has 1 unspecified atom stereocenters. The molecule has 0 radical (unpaired) electrons. The Balaban J connectivity index is 1.04. The van der Waals surface area contributed by atoms with Gasteiger partial charge in [0.1, 0.15) is 23.8 Å². The van der Waals surface area contributed by atoms with Gasteiger partial charge in [-0.25, -0.2) is 8.42 Å². The lowest BCUT2D eigenvalue weighted by Gasteiger charge is -2.32. The molecule has 15 heteroatoms. The molecule has 1 aromatic carbocycles. The van der Waals surface area contributed by atoms with Crippen molar-refractivity contribution in [2.24, 2.45) is 40.9 Å². The van der Waals surface area contributed by atoms with Gasteiger partial charge in [-0.3, -0.25) is 23.9 Å². The largest absolute Gasteiger partial charge is 0.497 e. The highest BCUT2D eigenvalue weighted by molar-refractivity contribution is 7.90. The van der Waals surface area contributed by atoms with Crippen molar-refractivity contribution in [3.63, 3.8) is 0 Å². The Bertz CT molecular complexity index is 2180. The van der Waals surface area contributed by atoms with Crippen molar-refractivity contribution in [1.82, 2.24) is 14.6 Å². The zero-order valence-electron chi connectivity index (χ0n) is 35.6. The number of allylic oxidation sites excluding steroid dienone is 2. The van der Waals surface area contributed by atoms with Crippen molar-refractivity contribution in [2.45, 2.75) is 114 Å². The molecular weight excluding hydrogens is 801 g/mol. The summed E-state index contributed by atoms with van der Waals surface area (Å²) < 4.78 is 52.4. The number of carbonyl (C=O) groups excluding carboxylic acids is 4. The molecule has 1 aromatic heterocycles. The minimum Gasteiger partial charge on any atom is -0.497 e. The third-order valence-electron chi connectivity index (χ3n) is 14.7. The van der Waals surface area contributed by atoms with E-state index in [2.05, 4.69) is 16.5 Å². The van der Waals surface area contributed by atoms with E-state index in [1.807, 2.05) is 43.3 Å². The minimum atomic E-state index is -3.86. The molecule has 14 nitrogen and oxygen atoms in total. The first-order valence-electron chi connectivity index (χ1n) is 22.5. The van der Waals surface area contributed by atoms with Crippen LogP contribution in [-0.4, -0.2) is 105 Å². The molecule has 7 aliphatic rings. The number of ketones is 1. The van der Waals surface area contributed by atoms with Gasteiger partial charge in [0.25, 0.3) is 0 Å². The normalized spacial score (nSPS) is 34.6. The molecular formula is C46H60N4O10S. The van der Waals surface area contributed by atoms with Gasteiger partial charge in [0.15, 0.2) is 5.78 Å². The number of sulfonamides is 1. The van der Waals surface area contributed by atoms with Crippen molar-refractivity contribution in [2.75, 3.05) is 44.9 Å². The highest BCUT2D eigenvalue weighted by Crippen LogP contribution is 2.57. The summed E-state index contributed by atoms with van der Waals surface area (Å²) in [5.74, 6) is 0.287. The van der Waals surface area contributed by atoms with E-state index < -0.39 is 44.7 Å². The molecule has 9 rings (SSSR count). The maximum Gasteiger partial charge on any atom is 0.306 e. The Morgan fingerprint density at radius 1 is 0.984 bits per heavy atom. The van der Waals surface area contributed by atoms with E-state index in [0.29, 0.717) is 81.3 Å². The average molecular weight is 861 g/mol. The van der Waals surface area contributed by atoms with E-state index in [1.54, 1.807) is 12.0 Å². The zero-order chi connectivity index (χ0) is 42.6. The van der Waals surface area contributed by atoms with Crippen molar-refractivity contribution in [3.8, 4) is 11.6 Å². The third-order valence-corrected chi connectivity index (χ3v) is 16.5. The molecule has 330 valence electrons. The molecule has 61 heavy (non-hydrogen) atoms. The number of hydrogen-bond donors (Lipinski definition) is 1. The van der Waals surface area contributed by atoms with E-state index in [1.165, 1.54) is 6.42 Å². The number of benzene rings is 1. The Morgan fingerprint density at radius 2 is 1.75 bits per heavy atom. The van der Waals surface area contributed by atoms with Gasteiger partial charge in [-0.2, -0.15) is 4.98 Å². The van der Waals surface area contributed by atoms with Gasteiger partial charge in [0.05, 0.1) is 55.9 Å². The van der Waals surface area contributed by atoms with Crippen LogP contribution in [-0.2, 0) is 38.7 Å². The summed E-state index contributed by atoms with van der Waals surface area (Å²) in [6.45, 7) is 6.66. The van der Waals surface area contributed by atoms with Gasteiger partial charge >= 0.3 is 5.97 Å². The summed E-state index contributed by atoms with van der Waals surface area (Å²) in [5.41, 5.74) is -1.25. The van der Waals surface area contributed by atoms with Gasteiger partial charge in [-0.15, -0.1) is 0 Å². The van der Waals surface area contributed by atoms with Crippen molar-refractivity contribution >= 4 is 50.2 Å². The quantitative estimate of drug-likeness (QED) is 0.240. The third kappa shape index (κ3) is 9.01. The summed E-state index contributed by atoms with van der Waals surface area (Å²) in [5, 5.41) is 1.00. The van der Waals surface area contributed by atoms with Crippen LogP contribution in [0.1, 0.15) is 90.9 Å². The average Bonchev–Trinajstić information content (AvgIpc) is 4.20. The van der Waals surface area contributed by atoms with E-state index in [0.717, 1.165) is 36.5 Å². The van der Waals surface area contributed by atoms with E-state index in [4.69, 9.17) is 23.9 Å². The minimum absolute atomic E-state index is 0.0642. The number of carbonyl (C=O) groups is 4. The Morgan fingerprint density at radius 3 is 2.49 bits per heavy atom. The summed E-state index contributed by atoms with van der Waals surface area (Å²) >= 11 is 0. The highest BCUT2D eigenvalue weighted by Gasteiger charge is 2.62. The van der Waals surface area contributed by atoms with Gasteiger partial charge in [-0.1, -0.05) is 26.0 Å². The standard InChI is InChI=1S/C46H60N4O10S/c1-27-6-4-5-7-32-24-46(32,45(54)48-61(55,56)36-9-10-36)25-40(51)39-22-35(26-50(39)44(53)38(28(2)16-27)23-42(52)59-34-18-29-17-30(29)19-34)60-43-37-11-8-33(57-3)20-31(37)21-41(47-43)49-12-14-58-15-13-49/h5,7-8,11,20-21,27-30,32,34-36,38-39H,4,6,9-10,12-19,22-26H2,1-3H3,(H,48,54)/b7-5-/t27-,28+,29-,30+,32+,34?,35+,38-,39-,46+/m0/s1. The number of rotatable bonds is 10. The van der Waals surface area contributed by atoms with Crippen LogP contribution in [0.5, 0.6) is 11.6 Å². The summed E-state index contributed by atoms with van der Waals surface area (Å²) in [6.07, 6.45) is 9.57. The second-order valence-corrected chi connectivity index (χ2v) is 21.2. The molecule has 4 aliphatic carbocycles. The van der Waals surface area contributed by atoms with E-state index in [9.17, 15) is 22.8 Å². The number of methoxy groups -OCH3 is 1. The second kappa shape index (κ2) is 16.8. The number of pyridine rings is 1. The molecule has 0 spiro atoms. The summed E-state index contributed by atoms with van der Waals surface area (Å²) in [7, 11) is -2.25. The SMILES string of the molecule is COc1ccc2c(O[C@@H]3C[C@H]4C(=O)C[C@]5(C(=O)NS(=O)(=O)C6CC6)C[C@H]5/C=C\CC[C@H](C)C[C@@H](C)[C@H](CC(=O)OC5C[C@@H]6C[C@@H]6C5)C(=O)N4C3)nc(N3CCOCC3)cc2c1. The predicted octanol–water partition coefficient (Wildman–Crippen LogP) is 5.36. The lowest BCUT2D eigenvalue weighted by atomic mass is 9.82. The molecule has 10 atom stereocenters. The van der Waals surface area contributed by atoms with Gasteiger partial charge in [0.2, 0.25) is 27.7 Å². The molecule has 2 saturated heterocycles. The summed E-state index contributed by atoms with van der Waals surface area (Å²) in [4.78, 5) is 66.5. The molecule has 3 aliphatic heterocycles. The summed E-state index contributed by atoms with van der Waals surface area (Å²) in [6, 6.07) is 6.68. The van der Waals surface area contributed by atoms with Crippen LogP contribution in [0, 0.1) is 40.9 Å². The number of aromatic nitrogens is 1. The fraction of sp³-hybridized carbons (Fsp3) is 0.674. The number of amides is 2. The first kappa shape index (κ1) is 42.1. The number of hydrogen-bond acceptors (Lipinski definition) is 12. The molecule has 2 aromatic rings. The number of ether oxygens (including phenoxy) is 4. The van der Waals surface area contributed by atoms with E-state index >= 15 is 4.79 Å². The Kier molecular flexibility index (Phi) is 11.6. The smallest absolute Gasteiger partial charge is 0.306 e. The van der Waals surface area contributed by atoms with Crippen LogP contribution in [0.25, 0.3) is 10.8 Å². The topological polar surface area (TPSA) is 171 Å².